The van der Waals surface area contributed by atoms with Gasteiger partial charge in [-0.3, -0.25) is 9.88 Å². The lowest BCUT2D eigenvalue weighted by molar-refractivity contribution is 0.0975. The van der Waals surface area contributed by atoms with Crippen LogP contribution in [0.2, 0.25) is 0 Å². The summed E-state index contributed by atoms with van der Waals surface area (Å²) >= 11 is 0. The van der Waals surface area contributed by atoms with E-state index in [1.807, 2.05) is 18.3 Å². The lowest BCUT2D eigenvalue weighted by atomic mass is 10.00. The van der Waals surface area contributed by atoms with Gasteiger partial charge < -0.3 is 4.90 Å². The molecule has 114 valence electrons. The van der Waals surface area contributed by atoms with Gasteiger partial charge in [-0.05, 0) is 70.1 Å². The Hall–Kier alpha value is -1.19. The monoisotopic (exact) mass is 285 g/mol. The van der Waals surface area contributed by atoms with Crippen LogP contribution in [0.15, 0.2) is 30.5 Å². The van der Waals surface area contributed by atoms with Gasteiger partial charge >= 0.3 is 0 Å². The topological polar surface area (TPSA) is 19.4 Å². The van der Waals surface area contributed by atoms with Gasteiger partial charge in [0.05, 0.1) is 5.69 Å². The van der Waals surface area contributed by atoms with E-state index in [0.29, 0.717) is 0 Å². The summed E-state index contributed by atoms with van der Waals surface area (Å²) in [6.07, 6.45) is 13.2. The maximum Gasteiger partial charge on any atom is 0.0626 e. The van der Waals surface area contributed by atoms with Gasteiger partial charge in [-0.2, -0.15) is 0 Å². The van der Waals surface area contributed by atoms with E-state index in [1.54, 1.807) is 0 Å². The second-order valence-corrected chi connectivity index (χ2v) is 6.29. The van der Waals surface area contributed by atoms with E-state index in [-0.39, 0.29) is 0 Å². The summed E-state index contributed by atoms with van der Waals surface area (Å²) < 4.78 is 0. The molecule has 0 spiro atoms. The van der Waals surface area contributed by atoms with Gasteiger partial charge in [0.25, 0.3) is 0 Å². The van der Waals surface area contributed by atoms with Gasteiger partial charge in [-0.1, -0.05) is 18.6 Å². The van der Waals surface area contributed by atoms with Gasteiger partial charge in [0.1, 0.15) is 0 Å². The first-order valence-electron chi connectivity index (χ1n) is 8.46. The molecular weight excluding hydrogens is 258 g/mol. The van der Waals surface area contributed by atoms with Crippen LogP contribution in [0.5, 0.6) is 0 Å². The van der Waals surface area contributed by atoms with Crippen LogP contribution in [0.1, 0.15) is 37.8 Å². The highest BCUT2D eigenvalue weighted by molar-refractivity contribution is 5.43. The van der Waals surface area contributed by atoms with Crippen LogP contribution in [-0.4, -0.2) is 53.5 Å². The van der Waals surface area contributed by atoms with Crippen molar-refractivity contribution in [3.05, 3.63) is 36.2 Å². The first kappa shape index (κ1) is 14.7. The van der Waals surface area contributed by atoms with Crippen molar-refractivity contribution in [1.29, 1.82) is 0 Å². The number of piperidine rings is 2. The highest BCUT2D eigenvalue weighted by Crippen LogP contribution is 2.20. The smallest absolute Gasteiger partial charge is 0.0626 e. The molecule has 21 heavy (non-hydrogen) atoms. The zero-order valence-corrected chi connectivity index (χ0v) is 13.0. The number of likely N-dealkylation sites (tertiary alicyclic amines) is 2. The van der Waals surface area contributed by atoms with Crippen molar-refractivity contribution in [3.63, 3.8) is 0 Å². The molecule has 0 amide bonds. The maximum atomic E-state index is 4.32. The van der Waals surface area contributed by atoms with E-state index in [1.165, 1.54) is 58.3 Å². The molecule has 0 N–H and O–H groups in total. The van der Waals surface area contributed by atoms with E-state index < -0.39 is 0 Å². The van der Waals surface area contributed by atoms with Crippen molar-refractivity contribution in [2.75, 3.05) is 32.7 Å². The lowest BCUT2D eigenvalue weighted by Gasteiger charge is -2.40. The average molecular weight is 285 g/mol. The summed E-state index contributed by atoms with van der Waals surface area (Å²) in [6, 6.07) is 6.90. The summed E-state index contributed by atoms with van der Waals surface area (Å²) in [4.78, 5) is 9.63. The molecular formula is C18H27N3. The molecule has 2 fully saturated rings. The molecule has 0 radical (unpaired) electrons. The summed E-state index contributed by atoms with van der Waals surface area (Å²) in [5.74, 6) is 0. The van der Waals surface area contributed by atoms with Crippen LogP contribution in [0, 0.1) is 0 Å². The normalized spacial score (nSPS) is 22.9. The van der Waals surface area contributed by atoms with Crippen LogP contribution in [0.25, 0.3) is 6.08 Å². The molecule has 0 aliphatic carbocycles. The quantitative estimate of drug-likeness (QED) is 0.847. The first-order chi connectivity index (χ1) is 10.4. The molecule has 0 aromatic carbocycles. The molecule has 3 heterocycles. The molecule has 3 nitrogen and oxygen atoms in total. The molecule has 0 saturated carbocycles. The predicted molar refractivity (Wildman–Crippen MR) is 88.2 cm³/mol. The Morgan fingerprint density at radius 3 is 2.57 bits per heavy atom. The molecule has 2 aliphatic heterocycles. The number of nitrogens with zero attached hydrogens (tertiary/aromatic N) is 3. The molecule has 1 aromatic rings. The van der Waals surface area contributed by atoms with Crippen LogP contribution >= 0.6 is 0 Å². The molecule has 0 bridgehead atoms. The molecule has 0 atom stereocenters. The van der Waals surface area contributed by atoms with Crippen LogP contribution < -0.4 is 0 Å². The Morgan fingerprint density at radius 2 is 1.86 bits per heavy atom. The fraction of sp³-hybridized carbons (Fsp3) is 0.611. The number of aromatic nitrogens is 1. The summed E-state index contributed by atoms with van der Waals surface area (Å²) in [6.45, 7) is 6.22. The second kappa shape index (κ2) is 7.71. The third-order valence-electron chi connectivity index (χ3n) is 4.80. The summed E-state index contributed by atoms with van der Waals surface area (Å²) in [5, 5.41) is 0. The summed E-state index contributed by atoms with van der Waals surface area (Å²) in [5.41, 5.74) is 1.06. The zero-order chi connectivity index (χ0) is 14.3. The number of pyridine rings is 1. The van der Waals surface area contributed by atoms with Crippen molar-refractivity contribution in [1.82, 2.24) is 14.8 Å². The number of hydrogen-bond donors (Lipinski definition) is 0. The van der Waals surface area contributed by atoms with E-state index in [4.69, 9.17) is 0 Å². The highest BCUT2D eigenvalue weighted by Gasteiger charge is 2.24. The summed E-state index contributed by atoms with van der Waals surface area (Å²) in [7, 11) is 0. The minimum absolute atomic E-state index is 0.848. The van der Waals surface area contributed by atoms with Gasteiger partial charge in [-0.25, -0.2) is 0 Å². The second-order valence-electron chi connectivity index (χ2n) is 6.29. The lowest BCUT2D eigenvalue weighted by Crippen LogP contribution is -2.46. The minimum atomic E-state index is 0.848. The van der Waals surface area contributed by atoms with Gasteiger partial charge in [-0.15, -0.1) is 0 Å². The Bertz CT molecular complexity index is 429. The third kappa shape index (κ3) is 4.39. The average Bonchev–Trinajstić information content (AvgIpc) is 2.57. The van der Waals surface area contributed by atoms with E-state index >= 15 is 0 Å². The zero-order valence-electron chi connectivity index (χ0n) is 13.0. The molecule has 3 heteroatoms. The number of hydrogen-bond acceptors (Lipinski definition) is 3. The van der Waals surface area contributed by atoms with E-state index in [0.717, 1.165) is 18.3 Å². The van der Waals surface area contributed by atoms with Crippen LogP contribution in [0.3, 0.4) is 0 Å². The SMILES string of the molecule is C(=C\c1ccccn1)/CN1CCC(N2CCCCC2)CC1. The van der Waals surface area contributed by atoms with Crippen molar-refractivity contribution >= 4 is 6.08 Å². The van der Waals surface area contributed by atoms with E-state index in [2.05, 4.69) is 33.0 Å². The van der Waals surface area contributed by atoms with Crippen molar-refractivity contribution in [3.8, 4) is 0 Å². The Morgan fingerprint density at radius 1 is 1.05 bits per heavy atom. The fourth-order valence-electron chi connectivity index (χ4n) is 3.55. The van der Waals surface area contributed by atoms with Crippen molar-refractivity contribution in [2.24, 2.45) is 0 Å². The Balaban J connectivity index is 1.40. The first-order valence-corrected chi connectivity index (χ1v) is 8.46. The number of rotatable bonds is 4. The van der Waals surface area contributed by atoms with Crippen molar-refractivity contribution < 1.29 is 0 Å². The largest absolute Gasteiger partial charge is 0.300 e. The fourth-order valence-corrected chi connectivity index (χ4v) is 3.55. The molecule has 1 aromatic heterocycles. The van der Waals surface area contributed by atoms with Gasteiger partial charge in [0, 0.05) is 18.8 Å². The van der Waals surface area contributed by atoms with E-state index in [9.17, 15) is 0 Å². The van der Waals surface area contributed by atoms with Crippen LogP contribution in [0.4, 0.5) is 0 Å². The molecule has 0 unspecified atom stereocenters. The predicted octanol–water partition coefficient (Wildman–Crippen LogP) is 3.05. The maximum absolute atomic E-state index is 4.32. The molecule has 2 aliphatic rings. The van der Waals surface area contributed by atoms with Gasteiger partial charge in [0.2, 0.25) is 0 Å². The molecule has 2 saturated heterocycles. The molecule has 3 rings (SSSR count). The Kier molecular flexibility index (Phi) is 5.41. The minimum Gasteiger partial charge on any atom is -0.300 e. The van der Waals surface area contributed by atoms with Gasteiger partial charge in [0.15, 0.2) is 0 Å². The third-order valence-corrected chi connectivity index (χ3v) is 4.80. The van der Waals surface area contributed by atoms with Crippen molar-refractivity contribution in [2.45, 2.75) is 38.1 Å². The highest BCUT2D eigenvalue weighted by atomic mass is 15.2. The van der Waals surface area contributed by atoms with Crippen LogP contribution in [-0.2, 0) is 0 Å². The Labute approximate surface area is 128 Å². The standard InChI is InChI=1S/C18H27N3/c1-4-13-21(14-5-1)18-9-15-20(16-10-18)12-6-8-17-7-2-3-11-19-17/h2-3,6-8,11,18H,1,4-5,9-10,12-16H2/b8-6+.